The van der Waals surface area contributed by atoms with E-state index >= 15 is 0 Å². The van der Waals surface area contributed by atoms with Gasteiger partial charge in [0, 0.05) is 32.2 Å². The van der Waals surface area contributed by atoms with Crippen LogP contribution in [0.25, 0.3) is 0 Å². The van der Waals surface area contributed by atoms with Gasteiger partial charge in [-0.15, -0.1) is 0 Å². The van der Waals surface area contributed by atoms with Crippen LogP contribution in [-0.2, 0) is 9.47 Å². The van der Waals surface area contributed by atoms with E-state index in [0.717, 1.165) is 32.2 Å². The highest BCUT2D eigenvalue weighted by Crippen LogP contribution is 2.49. The molecule has 0 spiro atoms. The first kappa shape index (κ1) is 14.6. The second-order valence-electron chi connectivity index (χ2n) is 5.65. The highest BCUT2D eigenvalue weighted by Gasteiger charge is 2.50. The van der Waals surface area contributed by atoms with Gasteiger partial charge in [0.1, 0.15) is 0 Å². The summed E-state index contributed by atoms with van der Waals surface area (Å²) < 4.78 is 11.2. The van der Waals surface area contributed by atoms with Crippen LogP contribution in [-0.4, -0.2) is 51.5 Å². The van der Waals surface area contributed by atoms with Crippen molar-refractivity contribution >= 4 is 11.8 Å². The molecule has 1 aliphatic heterocycles. The van der Waals surface area contributed by atoms with Gasteiger partial charge in [0.15, 0.2) is 0 Å². The molecule has 106 valence electrons. The summed E-state index contributed by atoms with van der Waals surface area (Å²) in [7, 11) is 1.76. The normalized spacial score (nSPS) is 32.0. The Morgan fingerprint density at radius 1 is 1.44 bits per heavy atom. The number of ether oxygens (including phenoxy) is 2. The predicted molar refractivity (Wildman–Crippen MR) is 77.3 cm³/mol. The number of hydrogen-bond acceptors (Lipinski definition) is 4. The van der Waals surface area contributed by atoms with E-state index in [1.165, 1.54) is 31.4 Å². The van der Waals surface area contributed by atoms with Crippen LogP contribution in [0, 0.1) is 11.3 Å². The minimum atomic E-state index is 0.387. The molecule has 0 aromatic rings. The summed E-state index contributed by atoms with van der Waals surface area (Å²) in [6.07, 6.45) is 7.99. The van der Waals surface area contributed by atoms with Crippen molar-refractivity contribution in [2.75, 3.05) is 45.4 Å². The minimum Gasteiger partial charge on any atom is -0.383 e. The van der Waals surface area contributed by atoms with Gasteiger partial charge in [-0.2, -0.15) is 11.8 Å². The van der Waals surface area contributed by atoms with Gasteiger partial charge in [0.05, 0.1) is 12.7 Å². The number of thioether (sulfide) groups is 1. The zero-order valence-electron chi connectivity index (χ0n) is 11.7. The third-order valence-corrected chi connectivity index (χ3v) is 4.93. The molecule has 2 unspecified atom stereocenters. The molecule has 1 saturated carbocycles. The lowest BCUT2D eigenvalue weighted by Gasteiger charge is -2.34. The average molecular weight is 273 g/mol. The molecular formula is C14H27NO2S. The van der Waals surface area contributed by atoms with Crippen molar-refractivity contribution in [1.29, 1.82) is 0 Å². The Kier molecular flexibility index (Phi) is 5.80. The lowest BCUT2D eigenvalue weighted by Crippen LogP contribution is -2.43. The topological polar surface area (TPSA) is 30.5 Å². The zero-order chi connectivity index (χ0) is 12.8. The lowest BCUT2D eigenvalue weighted by molar-refractivity contribution is 0.0286. The maximum Gasteiger partial charge on any atom is 0.0672 e. The third-order valence-electron chi connectivity index (χ3n) is 4.32. The maximum absolute atomic E-state index is 6.07. The molecular weight excluding hydrogens is 246 g/mol. The summed E-state index contributed by atoms with van der Waals surface area (Å²) in [5.74, 6) is 2.09. The highest BCUT2D eigenvalue weighted by atomic mass is 32.2. The van der Waals surface area contributed by atoms with E-state index < -0.39 is 0 Å². The van der Waals surface area contributed by atoms with Crippen molar-refractivity contribution in [3.8, 4) is 0 Å². The summed E-state index contributed by atoms with van der Waals surface area (Å²) >= 11 is 1.96. The fourth-order valence-electron chi connectivity index (χ4n) is 3.10. The smallest absolute Gasteiger partial charge is 0.0672 e. The summed E-state index contributed by atoms with van der Waals surface area (Å²) in [5, 5.41) is 3.58. The van der Waals surface area contributed by atoms with Gasteiger partial charge in [0.25, 0.3) is 0 Å². The van der Waals surface area contributed by atoms with Crippen LogP contribution < -0.4 is 5.32 Å². The van der Waals surface area contributed by atoms with Crippen molar-refractivity contribution < 1.29 is 9.47 Å². The molecule has 2 atom stereocenters. The van der Waals surface area contributed by atoms with Gasteiger partial charge >= 0.3 is 0 Å². The summed E-state index contributed by atoms with van der Waals surface area (Å²) in [5.41, 5.74) is 0.387. The zero-order valence-corrected chi connectivity index (χ0v) is 12.6. The Hall–Kier alpha value is 0.230. The molecule has 4 heteroatoms. The van der Waals surface area contributed by atoms with Crippen molar-refractivity contribution in [1.82, 2.24) is 5.32 Å². The molecule has 3 nitrogen and oxygen atoms in total. The molecule has 2 fully saturated rings. The van der Waals surface area contributed by atoms with E-state index in [2.05, 4.69) is 11.6 Å². The van der Waals surface area contributed by atoms with Crippen LogP contribution in [0.15, 0.2) is 0 Å². The van der Waals surface area contributed by atoms with Gasteiger partial charge < -0.3 is 14.8 Å². The van der Waals surface area contributed by atoms with Crippen molar-refractivity contribution in [3.05, 3.63) is 0 Å². The number of methoxy groups -OCH3 is 1. The van der Waals surface area contributed by atoms with E-state index in [-0.39, 0.29) is 0 Å². The molecule has 18 heavy (non-hydrogen) atoms. The Morgan fingerprint density at radius 2 is 2.28 bits per heavy atom. The molecule has 0 radical (unpaired) electrons. The van der Waals surface area contributed by atoms with Crippen molar-refractivity contribution in [3.63, 3.8) is 0 Å². The van der Waals surface area contributed by atoms with Crippen molar-refractivity contribution in [2.45, 2.75) is 31.8 Å². The van der Waals surface area contributed by atoms with E-state index in [1.807, 2.05) is 11.8 Å². The van der Waals surface area contributed by atoms with Crippen LogP contribution in [0.3, 0.4) is 0 Å². The molecule has 1 N–H and O–H groups in total. The van der Waals surface area contributed by atoms with Gasteiger partial charge in [-0.05, 0) is 43.6 Å². The molecule has 0 aromatic heterocycles. The highest BCUT2D eigenvalue weighted by molar-refractivity contribution is 7.98. The van der Waals surface area contributed by atoms with E-state index in [9.17, 15) is 0 Å². The summed E-state index contributed by atoms with van der Waals surface area (Å²) in [6.45, 7) is 3.81. The van der Waals surface area contributed by atoms with Crippen LogP contribution in [0.1, 0.15) is 25.7 Å². The standard InChI is InChI=1S/C14H27NO2S/c1-16-9-7-15-11-14(6-10-18-2)5-8-17-13(14)12-3-4-12/h12-13,15H,3-11H2,1-2H3. The molecule has 0 bridgehead atoms. The van der Waals surface area contributed by atoms with Crippen LogP contribution in [0.5, 0.6) is 0 Å². The SMILES string of the molecule is COCCNCC1(CCSC)CCOC1C1CC1. The van der Waals surface area contributed by atoms with Crippen LogP contribution in [0.2, 0.25) is 0 Å². The molecule has 1 heterocycles. The summed E-state index contributed by atoms with van der Waals surface area (Å²) in [4.78, 5) is 0. The first-order valence-electron chi connectivity index (χ1n) is 7.12. The van der Waals surface area contributed by atoms with E-state index in [1.54, 1.807) is 7.11 Å². The van der Waals surface area contributed by atoms with E-state index in [4.69, 9.17) is 9.47 Å². The number of hydrogen-bond donors (Lipinski definition) is 1. The Morgan fingerprint density at radius 3 is 2.94 bits per heavy atom. The molecule has 2 rings (SSSR count). The van der Waals surface area contributed by atoms with Crippen LogP contribution in [0.4, 0.5) is 0 Å². The monoisotopic (exact) mass is 273 g/mol. The molecule has 2 aliphatic rings. The lowest BCUT2D eigenvalue weighted by atomic mass is 9.76. The fourth-order valence-corrected chi connectivity index (χ4v) is 3.72. The second kappa shape index (κ2) is 7.13. The van der Waals surface area contributed by atoms with E-state index in [0.29, 0.717) is 11.5 Å². The first-order valence-corrected chi connectivity index (χ1v) is 8.52. The van der Waals surface area contributed by atoms with Gasteiger partial charge in [-0.3, -0.25) is 0 Å². The Labute approximate surface area is 115 Å². The maximum atomic E-state index is 6.07. The predicted octanol–water partition coefficient (Wildman–Crippen LogP) is 2.16. The Bertz CT molecular complexity index is 248. The first-order chi connectivity index (χ1) is 8.82. The second-order valence-corrected chi connectivity index (χ2v) is 6.64. The Balaban J connectivity index is 1.88. The number of nitrogens with one attached hydrogen (secondary N) is 1. The minimum absolute atomic E-state index is 0.387. The molecule has 1 aliphatic carbocycles. The quantitative estimate of drug-likeness (QED) is 0.652. The van der Waals surface area contributed by atoms with Gasteiger partial charge in [-0.1, -0.05) is 0 Å². The third kappa shape index (κ3) is 3.62. The molecule has 0 amide bonds. The largest absolute Gasteiger partial charge is 0.383 e. The van der Waals surface area contributed by atoms with Crippen LogP contribution >= 0.6 is 11.8 Å². The molecule has 0 aromatic carbocycles. The van der Waals surface area contributed by atoms with Gasteiger partial charge in [-0.25, -0.2) is 0 Å². The summed E-state index contributed by atoms with van der Waals surface area (Å²) in [6, 6.07) is 0. The molecule has 1 saturated heterocycles. The van der Waals surface area contributed by atoms with Crippen molar-refractivity contribution in [2.24, 2.45) is 11.3 Å². The fraction of sp³-hybridized carbons (Fsp3) is 1.00. The number of rotatable bonds is 9. The van der Waals surface area contributed by atoms with Gasteiger partial charge in [0.2, 0.25) is 0 Å². The average Bonchev–Trinajstić information content (AvgIpc) is 3.14.